The lowest BCUT2D eigenvalue weighted by Crippen LogP contribution is -2.59. The zero-order valence-electron chi connectivity index (χ0n) is 39.2. The second-order valence-electron chi connectivity index (χ2n) is 18.0. The molecule has 6 unspecified atom stereocenters. The molecule has 0 saturated carbocycles. The predicted octanol–water partition coefficient (Wildman–Crippen LogP) is 12.4. The highest BCUT2D eigenvalue weighted by molar-refractivity contribution is 5.69. The SMILES string of the molecule is CCCCCCCCC/C=C\CCCCCCCC(=O)OC(COCCCCCCCCCCCCCCCCCCCCCCC)COC1OC(CO)C(O)C(O)C1O. The molecule has 60 heavy (non-hydrogen) atoms. The van der Waals surface area contributed by atoms with Crippen LogP contribution >= 0.6 is 0 Å². The summed E-state index contributed by atoms with van der Waals surface area (Å²) >= 11 is 0. The largest absolute Gasteiger partial charge is 0.457 e. The van der Waals surface area contributed by atoms with Gasteiger partial charge in [0.25, 0.3) is 0 Å². The first-order valence-corrected chi connectivity index (χ1v) is 25.8. The fourth-order valence-corrected chi connectivity index (χ4v) is 8.14. The fourth-order valence-electron chi connectivity index (χ4n) is 8.14. The number of allylic oxidation sites excluding steroid dienone is 2. The van der Waals surface area contributed by atoms with Gasteiger partial charge in [0.2, 0.25) is 0 Å². The van der Waals surface area contributed by atoms with Crippen LogP contribution in [0.2, 0.25) is 0 Å². The quantitative estimate of drug-likeness (QED) is 0.0268. The minimum Gasteiger partial charge on any atom is -0.457 e. The summed E-state index contributed by atoms with van der Waals surface area (Å²) in [6, 6.07) is 0. The Kier molecular flexibility index (Phi) is 41.0. The van der Waals surface area contributed by atoms with Gasteiger partial charge in [-0.3, -0.25) is 4.79 Å². The molecule has 1 saturated heterocycles. The number of unbranched alkanes of at least 4 members (excludes halogenated alkanes) is 32. The Morgan fingerprint density at radius 1 is 0.517 bits per heavy atom. The van der Waals surface area contributed by atoms with Gasteiger partial charge in [-0.2, -0.15) is 0 Å². The summed E-state index contributed by atoms with van der Waals surface area (Å²) < 4.78 is 22.9. The zero-order chi connectivity index (χ0) is 43.6. The number of aliphatic hydroxyl groups is 4. The van der Waals surface area contributed by atoms with Crippen molar-refractivity contribution in [3.05, 3.63) is 12.2 Å². The molecule has 1 rings (SSSR count). The summed E-state index contributed by atoms with van der Waals surface area (Å²) in [5, 5.41) is 40.2. The Balaban J connectivity index is 2.18. The van der Waals surface area contributed by atoms with Crippen molar-refractivity contribution in [3.8, 4) is 0 Å². The number of rotatable bonds is 45. The summed E-state index contributed by atoms with van der Waals surface area (Å²) in [4.78, 5) is 12.8. The van der Waals surface area contributed by atoms with Gasteiger partial charge in [0, 0.05) is 13.0 Å². The van der Waals surface area contributed by atoms with E-state index in [9.17, 15) is 25.2 Å². The monoisotopic (exact) mass is 855 g/mol. The van der Waals surface area contributed by atoms with Crippen LogP contribution < -0.4 is 0 Å². The van der Waals surface area contributed by atoms with Crippen LogP contribution in [0.3, 0.4) is 0 Å². The Morgan fingerprint density at radius 2 is 0.917 bits per heavy atom. The number of ether oxygens (including phenoxy) is 4. The molecule has 9 heteroatoms. The number of carbonyl (C=O) groups is 1. The number of carbonyl (C=O) groups excluding carboxylic acids is 1. The second-order valence-corrected chi connectivity index (χ2v) is 18.0. The van der Waals surface area contributed by atoms with Crippen LogP contribution in [0.1, 0.15) is 245 Å². The van der Waals surface area contributed by atoms with Gasteiger partial charge in [0.15, 0.2) is 6.29 Å². The molecule has 0 aromatic heterocycles. The molecule has 0 spiro atoms. The fraction of sp³-hybridized carbons (Fsp3) is 0.941. The van der Waals surface area contributed by atoms with Gasteiger partial charge in [-0.15, -0.1) is 0 Å². The maximum Gasteiger partial charge on any atom is 0.306 e. The van der Waals surface area contributed by atoms with E-state index in [1.54, 1.807) is 0 Å². The summed E-state index contributed by atoms with van der Waals surface area (Å²) in [5.41, 5.74) is 0. The van der Waals surface area contributed by atoms with E-state index < -0.39 is 43.4 Å². The third kappa shape index (κ3) is 33.5. The lowest BCUT2D eigenvalue weighted by molar-refractivity contribution is -0.305. The zero-order valence-corrected chi connectivity index (χ0v) is 39.2. The molecule has 4 N–H and O–H groups in total. The molecule has 1 aliphatic rings. The molecular formula is C51H98O9. The number of aliphatic hydroxyl groups excluding tert-OH is 4. The van der Waals surface area contributed by atoms with Gasteiger partial charge in [-0.1, -0.05) is 212 Å². The van der Waals surface area contributed by atoms with E-state index in [0.717, 1.165) is 44.9 Å². The van der Waals surface area contributed by atoms with Crippen molar-refractivity contribution in [1.29, 1.82) is 0 Å². The van der Waals surface area contributed by atoms with Crippen LogP contribution in [0.4, 0.5) is 0 Å². The van der Waals surface area contributed by atoms with E-state index in [0.29, 0.717) is 13.0 Å². The molecule has 0 aromatic rings. The Labute approximate surface area is 369 Å². The molecule has 0 radical (unpaired) electrons. The van der Waals surface area contributed by atoms with Crippen LogP contribution in [-0.2, 0) is 23.7 Å². The maximum atomic E-state index is 12.8. The van der Waals surface area contributed by atoms with Crippen molar-refractivity contribution in [2.45, 2.75) is 282 Å². The number of hydrogen-bond acceptors (Lipinski definition) is 9. The molecule has 1 heterocycles. The van der Waals surface area contributed by atoms with Gasteiger partial charge < -0.3 is 39.4 Å². The average molecular weight is 855 g/mol. The van der Waals surface area contributed by atoms with E-state index in [2.05, 4.69) is 26.0 Å². The minimum absolute atomic E-state index is 0.111. The first kappa shape index (κ1) is 56.9. The third-order valence-electron chi connectivity index (χ3n) is 12.2. The first-order chi connectivity index (χ1) is 29.4. The lowest BCUT2D eigenvalue weighted by Gasteiger charge is -2.39. The van der Waals surface area contributed by atoms with Crippen molar-refractivity contribution in [3.63, 3.8) is 0 Å². The van der Waals surface area contributed by atoms with Crippen molar-refractivity contribution in [1.82, 2.24) is 0 Å². The van der Waals surface area contributed by atoms with Crippen molar-refractivity contribution in [2.24, 2.45) is 0 Å². The van der Waals surface area contributed by atoms with E-state index in [4.69, 9.17) is 18.9 Å². The van der Waals surface area contributed by atoms with E-state index in [-0.39, 0.29) is 19.2 Å². The van der Waals surface area contributed by atoms with Crippen LogP contribution in [0.15, 0.2) is 12.2 Å². The topological polar surface area (TPSA) is 135 Å². The van der Waals surface area contributed by atoms with E-state index in [1.807, 2.05) is 0 Å². The lowest BCUT2D eigenvalue weighted by atomic mass is 9.99. The highest BCUT2D eigenvalue weighted by atomic mass is 16.7. The third-order valence-corrected chi connectivity index (χ3v) is 12.2. The van der Waals surface area contributed by atoms with E-state index in [1.165, 1.54) is 180 Å². The van der Waals surface area contributed by atoms with Gasteiger partial charge in [-0.25, -0.2) is 0 Å². The van der Waals surface area contributed by atoms with Crippen LogP contribution in [0, 0.1) is 0 Å². The molecule has 0 aromatic carbocycles. The second kappa shape index (κ2) is 43.2. The summed E-state index contributed by atoms with van der Waals surface area (Å²) in [7, 11) is 0. The average Bonchev–Trinajstić information content (AvgIpc) is 3.25. The number of esters is 1. The minimum atomic E-state index is -1.53. The highest BCUT2D eigenvalue weighted by Gasteiger charge is 2.44. The Hall–Kier alpha value is -1.07. The molecule has 9 nitrogen and oxygen atoms in total. The number of hydrogen-bond donors (Lipinski definition) is 4. The standard InChI is InChI=1S/C51H98O9/c1-3-5-7-9-11-13-15-17-19-21-22-23-24-25-27-29-31-33-35-37-39-41-57-43-45(44-58-51-50(56)49(55)48(54)46(42-52)60-51)59-47(53)40-38-36-34-32-30-28-26-20-18-16-14-12-10-8-6-4-2/h20,26,45-46,48-52,54-56H,3-19,21-25,27-44H2,1-2H3/b26-20-. The molecule has 6 atom stereocenters. The Bertz CT molecular complexity index is 930. The maximum absolute atomic E-state index is 12.8. The van der Waals surface area contributed by atoms with Gasteiger partial charge in [0.1, 0.15) is 30.5 Å². The van der Waals surface area contributed by atoms with Crippen molar-refractivity contribution < 1.29 is 44.2 Å². The van der Waals surface area contributed by atoms with Crippen molar-refractivity contribution in [2.75, 3.05) is 26.4 Å². The van der Waals surface area contributed by atoms with Crippen LogP contribution in [-0.4, -0.2) is 89.6 Å². The normalized spacial score (nSPS) is 20.0. The Morgan fingerprint density at radius 3 is 1.35 bits per heavy atom. The summed E-state index contributed by atoms with van der Waals surface area (Å²) in [6.07, 6.45) is 42.5. The van der Waals surface area contributed by atoms with Crippen molar-refractivity contribution >= 4 is 5.97 Å². The predicted molar refractivity (Wildman–Crippen MR) is 247 cm³/mol. The van der Waals surface area contributed by atoms with E-state index >= 15 is 0 Å². The summed E-state index contributed by atoms with van der Waals surface area (Å²) in [6.45, 7) is 4.60. The molecule has 0 aliphatic carbocycles. The molecule has 0 bridgehead atoms. The smallest absolute Gasteiger partial charge is 0.306 e. The molecule has 1 fully saturated rings. The van der Waals surface area contributed by atoms with Gasteiger partial charge in [-0.05, 0) is 38.5 Å². The molecule has 356 valence electrons. The van der Waals surface area contributed by atoms with Crippen LogP contribution in [0.25, 0.3) is 0 Å². The van der Waals surface area contributed by atoms with Gasteiger partial charge in [0.05, 0.1) is 19.8 Å². The van der Waals surface area contributed by atoms with Gasteiger partial charge >= 0.3 is 5.97 Å². The molecule has 1 aliphatic heterocycles. The highest BCUT2D eigenvalue weighted by Crippen LogP contribution is 2.23. The first-order valence-electron chi connectivity index (χ1n) is 25.8. The van der Waals surface area contributed by atoms with Crippen LogP contribution in [0.5, 0.6) is 0 Å². The summed E-state index contributed by atoms with van der Waals surface area (Å²) in [5.74, 6) is -0.316. The molecule has 0 amide bonds. The molecular weight excluding hydrogens is 757 g/mol.